The molecule has 0 spiro atoms. The summed E-state index contributed by atoms with van der Waals surface area (Å²) >= 11 is 0. The lowest BCUT2D eigenvalue weighted by molar-refractivity contribution is 0.0647. The van der Waals surface area contributed by atoms with Gasteiger partial charge in [-0.3, -0.25) is 18.7 Å². The summed E-state index contributed by atoms with van der Waals surface area (Å²) in [4.78, 5) is 25.5. The fraction of sp³-hybridized carbons (Fsp3) is 0.176. The highest BCUT2D eigenvalue weighted by atomic mass is 32.2. The molecule has 2 amide bonds. The predicted molar refractivity (Wildman–Crippen MR) is 86.0 cm³/mol. The smallest absolute Gasteiger partial charge is 0.274 e. The SMILES string of the molecule is O=C1c2ccccc2C(=O)N1CCCOS(=O)(=O)c1ccccc1. The van der Waals surface area contributed by atoms with Crippen LogP contribution in [0.1, 0.15) is 27.1 Å². The summed E-state index contributed by atoms with van der Waals surface area (Å²) in [6.07, 6.45) is 0.234. The van der Waals surface area contributed by atoms with Gasteiger partial charge in [0.05, 0.1) is 22.6 Å². The zero-order valence-electron chi connectivity index (χ0n) is 12.7. The number of rotatable bonds is 6. The van der Waals surface area contributed by atoms with Gasteiger partial charge in [-0.15, -0.1) is 0 Å². The summed E-state index contributed by atoms with van der Waals surface area (Å²) in [7, 11) is -3.83. The van der Waals surface area contributed by atoms with E-state index in [0.717, 1.165) is 4.90 Å². The summed E-state index contributed by atoms with van der Waals surface area (Å²) in [5.41, 5.74) is 0.751. The molecule has 1 aliphatic rings. The second kappa shape index (κ2) is 6.54. The fourth-order valence-corrected chi connectivity index (χ4v) is 3.45. The van der Waals surface area contributed by atoms with Crippen molar-refractivity contribution in [2.45, 2.75) is 11.3 Å². The van der Waals surface area contributed by atoms with Crippen LogP contribution in [0.25, 0.3) is 0 Å². The molecule has 7 heteroatoms. The van der Waals surface area contributed by atoms with E-state index < -0.39 is 10.1 Å². The largest absolute Gasteiger partial charge is 0.296 e. The second-order valence-corrected chi connectivity index (χ2v) is 6.87. The minimum Gasteiger partial charge on any atom is -0.274 e. The Morgan fingerprint density at radius 3 is 1.96 bits per heavy atom. The van der Waals surface area contributed by atoms with Crippen molar-refractivity contribution in [1.82, 2.24) is 4.90 Å². The maximum absolute atomic E-state index is 12.2. The summed E-state index contributed by atoms with van der Waals surface area (Å²) in [5.74, 6) is -0.719. The molecule has 6 nitrogen and oxygen atoms in total. The van der Waals surface area contributed by atoms with E-state index in [1.807, 2.05) is 0 Å². The normalized spacial score (nSPS) is 14.1. The third-order valence-corrected chi connectivity index (χ3v) is 5.00. The molecule has 3 rings (SSSR count). The van der Waals surface area contributed by atoms with E-state index in [-0.39, 0.29) is 36.3 Å². The van der Waals surface area contributed by atoms with Gasteiger partial charge >= 0.3 is 0 Å². The molecule has 0 bridgehead atoms. The van der Waals surface area contributed by atoms with Crippen molar-refractivity contribution in [2.75, 3.05) is 13.2 Å². The molecule has 2 aromatic carbocycles. The number of hydrogen-bond donors (Lipinski definition) is 0. The first-order chi connectivity index (χ1) is 11.5. The van der Waals surface area contributed by atoms with E-state index in [4.69, 9.17) is 4.18 Å². The maximum Gasteiger partial charge on any atom is 0.296 e. The molecule has 0 aliphatic carbocycles. The molecule has 0 N–H and O–H groups in total. The van der Waals surface area contributed by atoms with Crippen molar-refractivity contribution in [1.29, 1.82) is 0 Å². The average Bonchev–Trinajstić information content (AvgIpc) is 2.84. The Balaban J connectivity index is 1.57. The Bertz CT molecular complexity index is 842. The second-order valence-electron chi connectivity index (χ2n) is 5.25. The summed E-state index contributed by atoms with van der Waals surface area (Å²) in [5, 5.41) is 0. The van der Waals surface area contributed by atoms with Gasteiger partial charge in [-0.05, 0) is 30.7 Å². The summed E-state index contributed by atoms with van der Waals surface area (Å²) in [6.45, 7) is 0.00128. The minimum atomic E-state index is -3.83. The number of carbonyl (C=O) groups is 2. The lowest BCUT2D eigenvalue weighted by atomic mass is 10.1. The van der Waals surface area contributed by atoms with Gasteiger partial charge in [0.2, 0.25) is 0 Å². The predicted octanol–water partition coefficient (Wildman–Crippen LogP) is 2.08. The monoisotopic (exact) mass is 345 g/mol. The molecule has 0 atom stereocenters. The lowest BCUT2D eigenvalue weighted by Crippen LogP contribution is -2.31. The molecule has 0 fully saturated rings. The summed E-state index contributed by atoms with van der Waals surface area (Å²) in [6, 6.07) is 14.4. The molecule has 0 unspecified atom stereocenters. The number of benzene rings is 2. The van der Waals surface area contributed by atoms with Gasteiger partial charge in [0.15, 0.2) is 0 Å². The molecule has 24 heavy (non-hydrogen) atoms. The van der Waals surface area contributed by atoms with Gasteiger partial charge < -0.3 is 0 Å². The van der Waals surface area contributed by atoms with E-state index >= 15 is 0 Å². The van der Waals surface area contributed by atoms with E-state index in [0.29, 0.717) is 11.1 Å². The van der Waals surface area contributed by atoms with E-state index in [9.17, 15) is 18.0 Å². The van der Waals surface area contributed by atoms with Crippen LogP contribution in [0.3, 0.4) is 0 Å². The third-order valence-electron chi connectivity index (χ3n) is 3.67. The van der Waals surface area contributed by atoms with Gasteiger partial charge in [-0.1, -0.05) is 30.3 Å². The van der Waals surface area contributed by atoms with Crippen LogP contribution in [0, 0.1) is 0 Å². The van der Waals surface area contributed by atoms with Crippen LogP contribution in [-0.4, -0.2) is 38.3 Å². The van der Waals surface area contributed by atoms with Crippen molar-refractivity contribution in [2.24, 2.45) is 0 Å². The van der Waals surface area contributed by atoms with Gasteiger partial charge in [0, 0.05) is 6.54 Å². The van der Waals surface area contributed by atoms with Crippen molar-refractivity contribution in [3.63, 3.8) is 0 Å². The first-order valence-corrected chi connectivity index (χ1v) is 8.81. The number of imide groups is 1. The molecular formula is C17H15NO5S. The Morgan fingerprint density at radius 2 is 1.38 bits per heavy atom. The lowest BCUT2D eigenvalue weighted by Gasteiger charge is -2.13. The third kappa shape index (κ3) is 3.08. The van der Waals surface area contributed by atoms with Crippen molar-refractivity contribution in [3.05, 3.63) is 65.7 Å². The quantitative estimate of drug-likeness (QED) is 0.455. The van der Waals surface area contributed by atoms with Crippen LogP contribution in [0.5, 0.6) is 0 Å². The molecule has 0 radical (unpaired) electrons. The van der Waals surface area contributed by atoms with Gasteiger partial charge in [0.1, 0.15) is 0 Å². The number of nitrogens with zero attached hydrogens (tertiary/aromatic N) is 1. The Hall–Kier alpha value is -2.51. The van der Waals surface area contributed by atoms with Gasteiger partial charge in [-0.25, -0.2) is 0 Å². The number of carbonyl (C=O) groups excluding carboxylic acids is 2. The molecule has 2 aromatic rings. The van der Waals surface area contributed by atoms with Crippen LogP contribution in [0.15, 0.2) is 59.5 Å². The number of fused-ring (bicyclic) bond motifs is 1. The Morgan fingerprint density at radius 1 is 0.833 bits per heavy atom. The van der Waals surface area contributed by atoms with Crippen molar-refractivity contribution in [3.8, 4) is 0 Å². The molecular weight excluding hydrogens is 330 g/mol. The average molecular weight is 345 g/mol. The first kappa shape index (κ1) is 16.4. The minimum absolute atomic E-state index is 0.0748. The highest BCUT2D eigenvalue weighted by Gasteiger charge is 2.34. The molecule has 1 heterocycles. The van der Waals surface area contributed by atoms with Gasteiger partial charge in [-0.2, -0.15) is 8.42 Å². The van der Waals surface area contributed by atoms with Crippen LogP contribution in [-0.2, 0) is 14.3 Å². The Kier molecular flexibility index (Phi) is 4.46. The van der Waals surface area contributed by atoms with E-state index in [2.05, 4.69) is 0 Å². The number of hydrogen-bond acceptors (Lipinski definition) is 5. The topological polar surface area (TPSA) is 80.8 Å². The van der Waals surface area contributed by atoms with Gasteiger partial charge in [0.25, 0.3) is 21.9 Å². The van der Waals surface area contributed by atoms with Crippen molar-refractivity contribution >= 4 is 21.9 Å². The molecule has 0 aromatic heterocycles. The highest BCUT2D eigenvalue weighted by Crippen LogP contribution is 2.22. The van der Waals surface area contributed by atoms with Crippen LogP contribution < -0.4 is 0 Å². The zero-order valence-corrected chi connectivity index (χ0v) is 13.5. The molecule has 0 saturated heterocycles. The maximum atomic E-state index is 12.2. The zero-order chi connectivity index (χ0) is 17.2. The van der Waals surface area contributed by atoms with Crippen LogP contribution in [0.2, 0.25) is 0 Å². The number of amides is 2. The highest BCUT2D eigenvalue weighted by molar-refractivity contribution is 7.86. The first-order valence-electron chi connectivity index (χ1n) is 7.40. The Labute approximate surface area is 139 Å². The van der Waals surface area contributed by atoms with E-state index in [1.165, 1.54) is 12.1 Å². The van der Waals surface area contributed by atoms with Crippen molar-refractivity contribution < 1.29 is 22.2 Å². The molecule has 0 saturated carbocycles. The summed E-state index contributed by atoms with van der Waals surface area (Å²) < 4.78 is 28.9. The van der Waals surface area contributed by atoms with Crippen LogP contribution in [0.4, 0.5) is 0 Å². The molecule has 124 valence electrons. The molecule has 1 aliphatic heterocycles. The van der Waals surface area contributed by atoms with E-state index in [1.54, 1.807) is 42.5 Å². The van der Waals surface area contributed by atoms with Crippen LogP contribution >= 0.6 is 0 Å². The fourth-order valence-electron chi connectivity index (χ4n) is 2.49. The standard InChI is InChI=1S/C17H15NO5S/c19-16-14-9-4-5-10-15(14)17(20)18(16)11-6-12-23-24(21,22)13-7-2-1-3-8-13/h1-5,7-10H,6,11-12H2.